The molecule has 2 N–H and O–H groups in total. The Morgan fingerprint density at radius 1 is 1.30 bits per heavy atom. The number of nitrogens with zero attached hydrogens (tertiary/aromatic N) is 2. The van der Waals surface area contributed by atoms with E-state index in [1.807, 2.05) is 26.8 Å². The summed E-state index contributed by atoms with van der Waals surface area (Å²) >= 11 is 5.75. The molecule has 1 aromatic rings. The molecule has 0 saturated heterocycles. The maximum Gasteiger partial charge on any atom is 0.191 e. The lowest BCUT2D eigenvalue weighted by Gasteiger charge is -2.18. The fourth-order valence-electron chi connectivity index (χ4n) is 1.67. The SMILES string of the molecule is CN=C(NCCc1ccc(Cl)nc1)NCCS(=O)C(C)(C)C.I. The van der Waals surface area contributed by atoms with Crippen molar-refractivity contribution in [3.63, 3.8) is 0 Å². The lowest BCUT2D eigenvalue weighted by atomic mass is 10.2. The Kier molecular flexibility index (Phi) is 11.0. The van der Waals surface area contributed by atoms with E-state index in [9.17, 15) is 4.21 Å². The van der Waals surface area contributed by atoms with Gasteiger partial charge in [0.1, 0.15) is 5.15 Å². The van der Waals surface area contributed by atoms with E-state index in [4.69, 9.17) is 11.6 Å². The van der Waals surface area contributed by atoms with Crippen molar-refractivity contribution in [1.29, 1.82) is 0 Å². The summed E-state index contributed by atoms with van der Waals surface area (Å²) in [6, 6.07) is 3.74. The maximum absolute atomic E-state index is 12.0. The van der Waals surface area contributed by atoms with Gasteiger partial charge in [-0.15, -0.1) is 24.0 Å². The second-order valence-corrected chi connectivity index (χ2v) is 8.54. The monoisotopic (exact) mass is 472 g/mol. The van der Waals surface area contributed by atoms with E-state index in [0.29, 0.717) is 23.4 Å². The van der Waals surface area contributed by atoms with Gasteiger partial charge in [-0.3, -0.25) is 9.20 Å². The molecule has 1 heterocycles. The highest BCUT2D eigenvalue weighted by molar-refractivity contribution is 14.0. The lowest BCUT2D eigenvalue weighted by molar-refractivity contribution is 0.647. The van der Waals surface area contributed by atoms with Gasteiger partial charge in [0.05, 0.1) is 0 Å². The highest BCUT2D eigenvalue weighted by Crippen LogP contribution is 2.10. The van der Waals surface area contributed by atoms with Gasteiger partial charge in [-0.2, -0.15) is 0 Å². The first-order chi connectivity index (χ1) is 10.3. The fourth-order valence-corrected chi connectivity index (χ4v) is 2.68. The van der Waals surface area contributed by atoms with Gasteiger partial charge in [-0.05, 0) is 38.8 Å². The maximum atomic E-state index is 12.0. The van der Waals surface area contributed by atoms with Gasteiger partial charge >= 0.3 is 0 Å². The molecule has 0 radical (unpaired) electrons. The molecule has 132 valence electrons. The van der Waals surface area contributed by atoms with Crippen molar-refractivity contribution in [2.24, 2.45) is 4.99 Å². The second-order valence-electron chi connectivity index (χ2n) is 5.83. The Labute approximate surface area is 163 Å². The summed E-state index contributed by atoms with van der Waals surface area (Å²) < 4.78 is 11.8. The first kappa shape index (κ1) is 22.6. The molecule has 0 aliphatic rings. The zero-order chi connectivity index (χ0) is 16.6. The van der Waals surface area contributed by atoms with Gasteiger partial charge < -0.3 is 10.6 Å². The quantitative estimate of drug-likeness (QED) is 0.289. The number of nitrogens with one attached hydrogen (secondary N) is 2. The minimum atomic E-state index is -0.859. The van der Waals surface area contributed by atoms with Crippen LogP contribution in [0, 0.1) is 0 Å². The third-order valence-corrected chi connectivity index (χ3v) is 5.15. The van der Waals surface area contributed by atoms with Crippen molar-refractivity contribution in [2.75, 3.05) is 25.9 Å². The molecule has 0 fully saturated rings. The Balaban J connectivity index is 0.00000484. The van der Waals surface area contributed by atoms with Crippen LogP contribution in [-0.4, -0.2) is 45.8 Å². The minimum Gasteiger partial charge on any atom is -0.356 e. The predicted molar refractivity (Wildman–Crippen MR) is 110 cm³/mol. The Morgan fingerprint density at radius 2 is 1.96 bits per heavy atom. The number of rotatable bonds is 6. The van der Waals surface area contributed by atoms with Gasteiger partial charge in [0.15, 0.2) is 5.96 Å². The van der Waals surface area contributed by atoms with Crippen LogP contribution in [0.15, 0.2) is 23.3 Å². The molecule has 0 aliphatic heterocycles. The Hall–Kier alpha value is -0.410. The Bertz CT molecular complexity index is 517. The van der Waals surface area contributed by atoms with Crippen LogP contribution in [0.1, 0.15) is 26.3 Å². The molecule has 0 spiro atoms. The molecule has 1 rings (SSSR count). The van der Waals surface area contributed by atoms with Gasteiger partial charge in [0.25, 0.3) is 0 Å². The molecular formula is C15H26ClIN4OS. The normalized spacial score (nSPS) is 13.2. The number of guanidine groups is 1. The predicted octanol–water partition coefficient (Wildman–Crippen LogP) is 2.61. The van der Waals surface area contributed by atoms with Gasteiger partial charge in [0.2, 0.25) is 0 Å². The van der Waals surface area contributed by atoms with Crippen molar-refractivity contribution in [3.05, 3.63) is 29.0 Å². The van der Waals surface area contributed by atoms with Crippen LogP contribution in [0.4, 0.5) is 0 Å². The molecule has 1 atom stereocenters. The minimum absolute atomic E-state index is 0. The molecule has 0 saturated carbocycles. The van der Waals surface area contributed by atoms with Crippen LogP contribution in [0.25, 0.3) is 0 Å². The molecule has 23 heavy (non-hydrogen) atoms. The van der Waals surface area contributed by atoms with Crippen molar-refractivity contribution in [2.45, 2.75) is 31.9 Å². The third kappa shape index (κ3) is 9.46. The van der Waals surface area contributed by atoms with E-state index in [2.05, 4.69) is 20.6 Å². The number of hydrogen-bond acceptors (Lipinski definition) is 3. The number of halogens is 2. The molecule has 1 aromatic heterocycles. The number of hydrogen-bond donors (Lipinski definition) is 2. The largest absolute Gasteiger partial charge is 0.356 e. The summed E-state index contributed by atoms with van der Waals surface area (Å²) in [5.74, 6) is 1.32. The van der Waals surface area contributed by atoms with Crippen LogP contribution in [0.3, 0.4) is 0 Å². The van der Waals surface area contributed by atoms with E-state index in [0.717, 1.165) is 18.5 Å². The molecular weight excluding hydrogens is 447 g/mol. The van der Waals surface area contributed by atoms with Gasteiger partial charge in [-0.1, -0.05) is 17.7 Å². The summed E-state index contributed by atoms with van der Waals surface area (Å²) in [6.07, 6.45) is 2.60. The highest BCUT2D eigenvalue weighted by Gasteiger charge is 2.18. The van der Waals surface area contributed by atoms with Crippen molar-refractivity contribution >= 4 is 52.3 Å². The number of pyridine rings is 1. The van der Waals surface area contributed by atoms with Crippen LogP contribution in [-0.2, 0) is 17.2 Å². The summed E-state index contributed by atoms with van der Waals surface area (Å²) in [5, 5.41) is 6.90. The summed E-state index contributed by atoms with van der Waals surface area (Å²) in [7, 11) is 0.863. The van der Waals surface area contributed by atoms with Crippen molar-refractivity contribution in [1.82, 2.24) is 15.6 Å². The zero-order valence-electron chi connectivity index (χ0n) is 14.1. The molecule has 8 heteroatoms. The lowest BCUT2D eigenvalue weighted by Crippen LogP contribution is -2.41. The average Bonchev–Trinajstić information content (AvgIpc) is 2.46. The standard InChI is InChI=1S/C15H25ClN4OS.HI/c1-15(2,3)22(21)10-9-19-14(17-4)18-8-7-12-5-6-13(16)20-11-12;/h5-6,11H,7-10H2,1-4H3,(H2,17,18,19);1H. The van der Waals surface area contributed by atoms with E-state index in [-0.39, 0.29) is 28.7 Å². The van der Waals surface area contributed by atoms with Gasteiger partial charge in [0, 0.05) is 47.6 Å². The Morgan fingerprint density at radius 3 is 2.48 bits per heavy atom. The smallest absolute Gasteiger partial charge is 0.191 e. The van der Waals surface area contributed by atoms with Crippen LogP contribution in [0.5, 0.6) is 0 Å². The topological polar surface area (TPSA) is 66.4 Å². The third-order valence-electron chi connectivity index (χ3n) is 2.98. The molecule has 0 amide bonds. The van der Waals surface area contributed by atoms with E-state index >= 15 is 0 Å². The molecule has 0 aromatic carbocycles. The van der Waals surface area contributed by atoms with Crippen LogP contribution < -0.4 is 10.6 Å². The molecule has 5 nitrogen and oxygen atoms in total. The highest BCUT2D eigenvalue weighted by atomic mass is 127. The molecule has 1 unspecified atom stereocenters. The fraction of sp³-hybridized carbons (Fsp3) is 0.600. The van der Waals surface area contributed by atoms with E-state index in [1.54, 1.807) is 19.3 Å². The number of aromatic nitrogens is 1. The van der Waals surface area contributed by atoms with Crippen molar-refractivity contribution in [3.8, 4) is 0 Å². The zero-order valence-corrected chi connectivity index (χ0v) is 18.0. The van der Waals surface area contributed by atoms with Crippen molar-refractivity contribution < 1.29 is 4.21 Å². The second kappa shape index (κ2) is 11.2. The summed E-state index contributed by atoms with van der Waals surface area (Å²) in [6.45, 7) is 7.32. The van der Waals surface area contributed by atoms with E-state index < -0.39 is 10.8 Å². The summed E-state index contributed by atoms with van der Waals surface area (Å²) in [5.41, 5.74) is 1.11. The van der Waals surface area contributed by atoms with Crippen LogP contribution in [0.2, 0.25) is 5.15 Å². The number of aliphatic imine (C=N–C) groups is 1. The van der Waals surface area contributed by atoms with E-state index in [1.165, 1.54) is 0 Å². The first-order valence-electron chi connectivity index (χ1n) is 7.26. The molecule has 0 aliphatic carbocycles. The average molecular weight is 473 g/mol. The first-order valence-corrected chi connectivity index (χ1v) is 8.96. The van der Waals surface area contributed by atoms with Crippen LogP contribution >= 0.6 is 35.6 Å². The molecule has 0 bridgehead atoms. The summed E-state index contributed by atoms with van der Waals surface area (Å²) in [4.78, 5) is 8.20. The van der Waals surface area contributed by atoms with Gasteiger partial charge in [-0.25, -0.2) is 4.98 Å².